The molecule has 1 N–H and O–H groups in total. The van der Waals surface area contributed by atoms with E-state index in [0.717, 1.165) is 24.8 Å². The van der Waals surface area contributed by atoms with Crippen molar-refractivity contribution in [2.75, 3.05) is 0 Å². The third-order valence-corrected chi connectivity index (χ3v) is 1.85. The molecule has 0 spiro atoms. The van der Waals surface area contributed by atoms with E-state index in [4.69, 9.17) is 0 Å². The molecule has 3 nitrogen and oxygen atoms in total. The number of aliphatic hydroxyl groups is 1. The number of aryl methyl sites for hydroxylation is 1. The van der Waals surface area contributed by atoms with Gasteiger partial charge in [-0.2, -0.15) is 0 Å². The molecule has 0 radical (unpaired) electrons. The summed E-state index contributed by atoms with van der Waals surface area (Å²) in [5.74, 6) is 0. The lowest BCUT2D eigenvalue weighted by Crippen LogP contribution is -2.05. The Labute approximate surface area is 72.5 Å². The fourth-order valence-corrected chi connectivity index (χ4v) is 0.996. The Balaban J connectivity index is 2.33. The van der Waals surface area contributed by atoms with Crippen molar-refractivity contribution in [2.24, 2.45) is 0 Å². The van der Waals surface area contributed by atoms with Crippen molar-refractivity contribution >= 4 is 0 Å². The van der Waals surface area contributed by atoms with E-state index in [0.29, 0.717) is 0 Å². The van der Waals surface area contributed by atoms with Gasteiger partial charge in [0, 0.05) is 12.4 Å². The van der Waals surface area contributed by atoms with E-state index in [9.17, 15) is 5.11 Å². The maximum atomic E-state index is 9.28. The fraction of sp³-hybridized carbons (Fsp3) is 0.556. The average Bonchev–Trinajstić information content (AvgIpc) is 2.16. The van der Waals surface area contributed by atoms with Gasteiger partial charge in [0.15, 0.2) is 0 Å². The summed E-state index contributed by atoms with van der Waals surface area (Å²) >= 11 is 0. The van der Waals surface area contributed by atoms with Crippen LogP contribution in [-0.2, 0) is 6.42 Å². The van der Waals surface area contributed by atoms with E-state index in [1.807, 2.05) is 6.92 Å². The van der Waals surface area contributed by atoms with Crippen molar-refractivity contribution in [3.05, 3.63) is 24.3 Å². The minimum atomic E-state index is -0.190. The van der Waals surface area contributed by atoms with E-state index < -0.39 is 0 Å². The highest BCUT2D eigenvalue weighted by Gasteiger charge is 2.00. The normalized spacial score (nSPS) is 12.8. The Bertz CT molecular complexity index is 213. The van der Waals surface area contributed by atoms with Crippen molar-refractivity contribution < 1.29 is 5.11 Å². The molecule has 0 saturated heterocycles. The second kappa shape index (κ2) is 4.83. The number of nitrogens with zero attached hydrogens (tertiary/aromatic N) is 2. The molecule has 1 atom stereocenters. The quantitative estimate of drug-likeness (QED) is 0.730. The zero-order chi connectivity index (χ0) is 8.81. The predicted molar refractivity (Wildman–Crippen MR) is 46.7 cm³/mol. The zero-order valence-corrected chi connectivity index (χ0v) is 7.27. The van der Waals surface area contributed by atoms with E-state index in [2.05, 4.69) is 9.97 Å². The van der Waals surface area contributed by atoms with Crippen LogP contribution in [0.1, 0.15) is 25.3 Å². The predicted octanol–water partition coefficient (Wildman–Crippen LogP) is 1.18. The van der Waals surface area contributed by atoms with Gasteiger partial charge < -0.3 is 5.11 Å². The van der Waals surface area contributed by atoms with Crippen LogP contribution >= 0.6 is 0 Å². The molecule has 1 aromatic heterocycles. The average molecular weight is 166 g/mol. The summed E-state index contributed by atoms with van der Waals surface area (Å²) in [5, 5.41) is 9.28. The van der Waals surface area contributed by atoms with Crippen LogP contribution in [0, 0.1) is 0 Å². The highest BCUT2D eigenvalue weighted by Crippen LogP contribution is 2.03. The molecule has 3 heteroatoms. The summed E-state index contributed by atoms with van der Waals surface area (Å²) in [6.07, 6.45) is 7.36. The molecular formula is C9H14N2O. The zero-order valence-electron chi connectivity index (χ0n) is 7.27. The summed E-state index contributed by atoms with van der Waals surface area (Å²) in [4.78, 5) is 7.79. The third kappa shape index (κ3) is 2.96. The number of hydrogen-bond donors (Lipinski definition) is 1. The molecule has 1 unspecified atom stereocenters. The van der Waals surface area contributed by atoms with Gasteiger partial charge >= 0.3 is 0 Å². The van der Waals surface area contributed by atoms with Crippen molar-refractivity contribution in [1.29, 1.82) is 0 Å². The maximum Gasteiger partial charge on any atom is 0.115 e. The first-order valence-electron chi connectivity index (χ1n) is 4.25. The van der Waals surface area contributed by atoms with Crippen LogP contribution in [0.25, 0.3) is 0 Å². The summed E-state index contributed by atoms with van der Waals surface area (Å²) in [5.41, 5.74) is 1.09. The molecule has 1 heterocycles. The molecule has 0 bridgehead atoms. The Hall–Kier alpha value is -0.960. The molecule has 1 aromatic rings. The number of aliphatic hydroxyl groups excluding tert-OH is 1. The SMILES string of the molecule is CCC(O)CCc1cncnc1. The van der Waals surface area contributed by atoms with Crippen LogP contribution in [0.3, 0.4) is 0 Å². The standard InChI is InChI=1S/C9H14N2O/c1-2-9(12)4-3-8-5-10-7-11-6-8/h5-7,9,12H,2-4H2,1H3. The largest absolute Gasteiger partial charge is 0.393 e. The highest BCUT2D eigenvalue weighted by molar-refractivity contribution is 5.02. The summed E-state index contributed by atoms with van der Waals surface area (Å²) in [6.45, 7) is 1.98. The van der Waals surface area contributed by atoms with E-state index in [1.54, 1.807) is 12.4 Å². The molecule has 0 amide bonds. The van der Waals surface area contributed by atoms with E-state index >= 15 is 0 Å². The van der Waals surface area contributed by atoms with Gasteiger partial charge in [-0.1, -0.05) is 6.92 Å². The summed E-state index contributed by atoms with van der Waals surface area (Å²) in [7, 11) is 0. The molecular weight excluding hydrogens is 152 g/mol. The van der Waals surface area contributed by atoms with Crippen LogP contribution in [0.2, 0.25) is 0 Å². The van der Waals surface area contributed by atoms with Gasteiger partial charge in [0.05, 0.1) is 6.10 Å². The van der Waals surface area contributed by atoms with Crippen molar-refractivity contribution in [3.63, 3.8) is 0 Å². The smallest absolute Gasteiger partial charge is 0.115 e. The van der Waals surface area contributed by atoms with Crippen molar-refractivity contribution in [2.45, 2.75) is 32.3 Å². The topological polar surface area (TPSA) is 46.0 Å². The highest BCUT2D eigenvalue weighted by atomic mass is 16.3. The van der Waals surface area contributed by atoms with Gasteiger partial charge in [0.25, 0.3) is 0 Å². The first-order valence-corrected chi connectivity index (χ1v) is 4.25. The van der Waals surface area contributed by atoms with Crippen LogP contribution in [0.5, 0.6) is 0 Å². The van der Waals surface area contributed by atoms with Gasteiger partial charge in [-0.15, -0.1) is 0 Å². The maximum absolute atomic E-state index is 9.28. The van der Waals surface area contributed by atoms with Gasteiger partial charge in [-0.3, -0.25) is 0 Å². The van der Waals surface area contributed by atoms with Crippen molar-refractivity contribution in [1.82, 2.24) is 9.97 Å². The lowest BCUT2D eigenvalue weighted by molar-refractivity contribution is 0.160. The molecule has 0 aliphatic carbocycles. The Morgan fingerprint density at radius 2 is 2.08 bits per heavy atom. The van der Waals surface area contributed by atoms with Gasteiger partial charge in [0.1, 0.15) is 6.33 Å². The molecule has 0 aliphatic heterocycles. The lowest BCUT2D eigenvalue weighted by Gasteiger charge is -2.05. The Morgan fingerprint density at radius 1 is 1.42 bits per heavy atom. The van der Waals surface area contributed by atoms with Crippen LogP contribution in [0.4, 0.5) is 0 Å². The van der Waals surface area contributed by atoms with Gasteiger partial charge in [0.2, 0.25) is 0 Å². The molecule has 0 aromatic carbocycles. The monoisotopic (exact) mass is 166 g/mol. The number of hydrogen-bond acceptors (Lipinski definition) is 3. The van der Waals surface area contributed by atoms with Gasteiger partial charge in [-0.05, 0) is 24.8 Å². The van der Waals surface area contributed by atoms with Crippen LogP contribution in [0.15, 0.2) is 18.7 Å². The van der Waals surface area contributed by atoms with Crippen molar-refractivity contribution in [3.8, 4) is 0 Å². The first-order chi connectivity index (χ1) is 5.83. The number of aromatic nitrogens is 2. The van der Waals surface area contributed by atoms with Crippen LogP contribution in [-0.4, -0.2) is 21.2 Å². The molecule has 0 fully saturated rings. The fourth-order valence-electron chi connectivity index (χ4n) is 0.996. The van der Waals surface area contributed by atoms with E-state index in [-0.39, 0.29) is 6.10 Å². The second-order valence-corrected chi connectivity index (χ2v) is 2.85. The molecule has 1 rings (SSSR count). The van der Waals surface area contributed by atoms with E-state index in [1.165, 1.54) is 6.33 Å². The molecule has 66 valence electrons. The van der Waals surface area contributed by atoms with Crippen LogP contribution < -0.4 is 0 Å². The van der Waals surface area contributed by atoms with Gasteiger partial charge in [-0.25, -0.2) is 9.97 Å². The molecule has 0 saturated carbocycles. The first kappa shape index (κ1) is 9.13. The summed E-state index contributed by atoms with van der Waals surface area (Å²) in [6, 6.07) is 0. The Kier molecular flexibility index (Phi) is 3.67. The third-order valence-electron chi connectivity index (χ3n) is 1.85. The lowest BCUT2D eigenvalue weighted by atomic mass is 10.1. The number of rotatable bonds is 4. The molecule has 0 aliphatic rings. The Morgan fingerprint density at radius 3 is 2.67 bits per heavy atom. The summed E-state index contributed by atoms with van der Waals surface area (Å²) < 4.78 is 0. The minimum Gasteiger partial charge on any atom is -0.393 e. The second-order valence-electron chi connectivity index (χ2n) is 2.85. The molecule has 12 heavy (non-hydrogen) atoms. The minimum absolute atomic E-state index is 0.190.